The molecule has 9 heteroatoms. The molecule has 0 amide bonds. The molecule has 174 valence electrons. The van der Waals surface area contributed by atoms with Gasteiger partial charge in [0.2, 0.25) is 0 Å². The quantitative estimate of drug-likeness (QED) is 0.371. The summed E-state index contributed by atoms with van der Waals surface area (Å²) in [5, 5.41) is 11.7. The van der Waals surface area contributed by atoms with Crippen LogP contribution < -0.4 is 15.9 Å². The Balaban J connectivity index is 1.68. The van der Waals surface area contributed by atoms with E-state index >= 15 is 0 Å². The van der Waals surface area contributed by atoms with Crippen molar-refractivity contribution in [3.63, 3.8) is 0 Å². The smallest absolute Gasteiger partial charge is 0.353 e. The van der Waals surface area contributed by atoms with Crippen LogP contribution in [-0.2, 0) is 13.0 Å². The van der Waals surface area contributed by atoms with Gasteiger partial charge in [-0.05, 0) is 47.9 Å². The van der Waals surface area contributed by atoms with Crippen LogP contribution in [0.15, 0.2) is 58.5 Å². The van der Waals surface area contributed by atoms with Crippen LogP contribution in [-0.4, -0.2) is 37.2 Å². The maximum absolute atomic E-state index is 12.8. The number of pyridine rings is 3. The summed E-state index contributed by atoms with van der Waals surface area (Å²) in [6.07, 6.45) is 5.39. The molecule has 3 N–H and O–H groups in total. The van der Waals surface area contributed by atoms with Gasteiger partial charge in [0.05, 0.1) is 29.6 Å². The molecular weight excluding hydrogens is 448 g/mol. The Labute approximate surface area is 197 Å². The molecular formula is C26H20N4O5. The van der Waals surface area contributed by atoms with Crippen molar-refractivity contribution in [2.24, 2.45) is 0 Å². The van der Waals surface area contributed by atoms with Gasteiger partial charge in [-0.2, -0.15) is 0 Å². The third kappa shape index (κ3) is 3.08. The second kappa shape index (κ2) is 7.69. The van der Waals surface area contributed by atoms with Crippen molar-refractivity contribution >= 4 is 27.8 Å². The van der Waals surface area contributed by atoms with E-state index in [0.717, 1.165) is 16.7 Å². The second-order valence-corrected chi connectivity index (χ2v) is 8.55. The normalized spacial score (nSPS) is 12.7. The first-order valence-electron chi connectivity index (χ1n) is 11.1. The number of aromatic amines is 2. The molecule has 5 aromatic rings. The fraction of sp³-hybridized carbons (Fsp3) is 0.154. The second-order valence-electron chi connectivity index (χ2n) is 8.55. The van der Waals surface area contributed by atoms with Crippen LogP contribution in [0.1, 0.15) is 27.2 Å². The number of nitrogens with one attached hydrogen (secondary N) is 2. The zero-order valence-electron chi connectivity index (χ0n) is 18.7. The number of carboxylic acids is 1. The maximum atomic E-state index is 12.8. The van der Waals surface area contributed by atoms with Gasteiger partial charge in [-0.15, -0.1) is 0 Å². The molecule has 0 fully saturated rings. The number of aromatic carboxylic acids is 1. The van der Waals surface area contributed by atoms with E-state index in [-0.39, 0.29) is 28.9 Å². The molecule has 0 saturated heterocycles. The van der Waals surface area contributed by atoms with Gasteiger partial charge in [-0.1, -0.05) is 6.07 Å². The van der Waals surface area contributed by atoms with E-state index in [2.05, 4.69) is 15.0 Å². The zero-order valence-corrected chi connectivity index (χ0v) is 18.7. The first-order valence-corrected chi connectivity index (χ1v) is 11.1. The van der Waals surface area contributed by atoms with E-state index in [0.29, 0.717) is 46.1 Å². The van der Waals surface area contributed by atoms with Crippen molar-refractivity contribution in [2.75, 3.05) is 6.61 Å². The molecule has 0 unspecified atom stereocenters. The van der Waals surface area contributed by atoms with E-state index in [9.17, 15) is 19.5 Å². The Morgan fingerprint density at radius 1 is 1.14 bits per heavy atom. The van der Waals surface area contributed by atoms with E-state index in [1.54, 1.807) is 35.2 Å². The first kappa shape index (κ1) is 20.9. The fourth-order valence-corrected chi connectivity index (χ4v) is 4.99. The molecule has 0 bridgehead atoms. The lowest BCUT2D eigenvalue weighted by molar-refractivity contribution is 0.0687. The maximum Gasteiger partial charge on any atom is 0.353 e. The molecule has 0 radical (unpaired) electrons. The predicted molar refractivity (Wildman–Crippen MR) is 130 cm³/mol. The average Bonchev–Trinajstić information content (AvgIpc) is 3.44. The summed E-state index contributed by atoms with van der Waals surface area (Å²) in [5.41, 5.74) is 3.45. The Morgan fingerprint density at radius 3 is 2.77 bits per heavy atom. The molecule has 6 rings (SSSR count). The number of H-pyrrole nitrogens is 2. The summed E-state index contributed by atoms with van der Waals surface area (Å²) >= 11 is 0. The number of hydrogen-bond acceptors (Lipinski definition) is 5. The molecule has 0 atom stereocenters. The molecule has 1 aliphatic rings. The molecule has 5 heterocycles. The number of benzene rings is 1. The number of hydrogen-bond donors (Lipinski definition) is 3. The van der Waals surface area contributed by atoms with Crippen molar-refractivity contribution in [2.45, 2.75) is 19.9 Å². The highest BCUT2D eigenvalue weighted by Gasteiger charge is 2.30. The largest absolute Gasteiger partial charge is 0.492 e. The minimum Gasteiger partial charge on any atom is -0.492 e. The molecule has 9 nitrogen and oxygen atoms in total. The van der Waals surface area contributed by atoms with Crippen LogP contribution in [0, 0.1) is 6.92 Å². The van der Waals surface area contributed by atoms with Crippen LogP contribution in [0.2, 0.25) is 0 Å². The summed E-state index contributed by atoms with van der Waals surface area (Å²) in [6, 6.07) is 8.89. The Morgan fingerprint density at radius 2 is 1.97 bits per heavy atom. The highest BCUT2D eigenvalue weighted by atomic mass is 16.5. The summed E-state index contributed by atoms with van der Waals surface area (Å²) in [7, 11) is 0. The summed E-state index contributed by atoms with van der Waals surface area (Å²) < 4.78 is 7.62. The number of carboxylic acid groups (broad SMARTS) is 1. The lowest BCUT2D eigenvalue weighted by atomic mass is 10.0. The number of nitrogens with zero attached hydrogens (tertiary/aromatic N) is 2. The van der Waals surface area contributed by atoms with Crippen molar-refractivity contribution in [3.8, 4) is 16.9 Å². The highest BCUT2D eigenvalue weighted by Crippen LogP contribution is 2.43. The lowest BCUT2D eigenvalue weighted by Gasteiger charge is -2.13. The first-order chi connectivity index (χ1) is 17.0. The highest BCUT2D eigenvalue weighted by molar-refractivity contribution is 6.11. The zero-order chi connectivity index (χ0) is 24.3. The van der Waals surface area contributed by atoms with Gasteiger partial charge in [0.1, 0.15) is 17.0 Å². The van der Waals surface area contributed by atoms with Crippen LogP contribution >= 0.6 is 0 Å². The topological polar surface area (TPSA) is 130 Å². The average molecular weight is 468 g/mol. The minimum absolute atomic E-state index is 0.00833. The molecule has 0 aliphatic carbocycles. The van der Waals surface area contributed by atoms with Crippen molar-refractivity contribution < 1.29 is 14.6 Å². The van der Waals surface area contributed by atoms with Gasteiger partial charge in [0, 0.05) is 36.0 Å². The minimum atomic E-state index is -1.16. The SMILES string of the molecule is Cc1c(Cn2c(C(=O)O)c(-c3ccc[nH]c3=O)c3c4c(ccc32)CCO4)cnc2c(=O)[nH]ccc12. The Kier molecular flexibility index (Phi) is 4.60. The third-order valence-electron chi connectivity index (χ3n) is 6.67. The summed E-state index contributed by atoms with van der Waals surface area (Å²) in [6.45, 7) is 2.56. The van der Waals surface area contributed by atoms with E-state index in [1.807, 2.05) is 19.1 Å². The number of fused-ring (bicyclic) bond motifs is 4. The summed E-state index contributed by atoms with van der Waals surface area (Å²) in [4.78, 5) is 47.3. The van der Waals surface area contributed by atoms with Gasteiger partial charge in [0.15, 0.2) is 0 Å². The molecule has 1 aromatic carbocycles. The van der Waals surface area contributed by atoms with E-state index in [1.165, 1.54) is 6.20 Å². The van der Waals surface area contributed by atoms with Crippen molar-refractivity contribution in [1.29, 1.82) is 0 Å². The number of rotatable bonds is 4. The van der Waals surface area contributed by atoms with Gasteiger partial charge in [0.25, 0.3) is 11.1 Å². The molecule has 35 heavy (non-hydrogen) atoms. The molecule has 0 spiro atoms. The van der Waals surface area contributed by atoms with Crippen molar-refractivity contribution in [1.82, 2.24) is 19.5 Å². The van der Waals surface area contributed by atoms with Crippen LogP contribution in [0.3, 0.4) is 0 Å². The van der Waals surface area contributed by atoms with Gasteiger partial charge in [-0.3, -0.25) is 14.6 Å². The monoisotopic (exact) mass is 468 g/mol. The van der Waals surface area contributed by atoms with Crippen LogP contribution in [0.4, 0.5) is 0 Å². The van der Waals surface area contributed by atoms with Gasteiger partial charge < -0.3 is 24.4 Å². The van der Waals surface area contributed by atoms with Crippen LogP contribution in [0.5, 0.6) is 5.75 Å². The van der Waals surface area contributed by atoms with Gasteiger partial charge in [-0.25, -0.2) is 4.79 Å². The molecule has 1 aliphatic heterocycles. The van der Waals surface area contributed by atoms with E-state index in [4.69, 9.17) is 4.74 Å². The standard InChI is InChI=1S/C26H20N4O5/c1-13-15(11-29-21-16(13)6-9-28-25(21)32)12-30-18-5-4-14-7-10-35-23(14)20(18)19(22(30)26(33)34)17-3-2-8-27-24(17)31/h2-6,8-9,11H,7,10,12H2,1H3,(H,27,31)(H,28,32)(H,33,34). The number of aryl methyl sites for hydroxylation is 1. The number of ether oxygens (including phenoxy) is 1. The van der Waals surface area contributed by atoms with Crippen LogP contribution in [0.25, 0.3) is 32.9 Å². The van der Waals surface area contributed by atoms with Crippen molar-refractivity contribution in [3.05, 3.63) is 92.0 Å². The van der Waals surface area contributed by atoms with Gasteiger partial charge >= 0.3 is 5.97 Å². The molecule has 0 saturated carbocycles. The van der Waals surface area contributed by atoms with E-state index < -0.39 is 5.97 Å². The Bertz CT molecular complexity index is 1790. The number of aromatic nitrogens is 4. The summed E-state index contributed by atoms with van der Waals surface area (Å²) in [5.74, 6) is -0.545. The fourth-order valence-electron chi connectivity index (χ4n) is 4.99. The Hall–Kier alpha value is -4.66. The molecule has 4 aromatic heterocycles. The predicted octanol–water partition coefficient (Wildman–Crippen LogP) is 3.22. The lowest BCUT2D eigenvalue weighted by Crippen LogP contribution is -2.14. The third-order valence-corrected chi connectivity index (χ3v) is 6.67. The number of carbonyl (C=O) groups is 1.